The minimum absolute atomic E-state index is 0.143. The van der Waals surface area contributed by atoms with Gasteiger partial charge in [0, 0.05) is 23.8 Å². The van der Waals surface area contributed by atoms with Crippen LogP contribution < -0.4 is 10.6 Å². The molecule has 0 aliphatic heterocycles. The Morgan fingerprint density at radius 2 is 2.25 bits per heavy atom. The van der Waals surface area contributed by atoms with Crippen molar-refractivity contribution in [1.29, 1.82) is 0 Å². The number of nitrogens with zero attached hydrogens (tertiary/aromatic N) is 1. The number of aromatic nitrogens is 1. The zero-order chi connectivity index (χ0) is 17.1. The minimum Gasteiger partial charge on any atom is -0.467 e. The molecule has 3 N–H and O–H groups in total. The smallest absolute Gasteiger partial charge is 0.315 e. The molecule has 7 heteroatoms. The van der Waals surface area contributed by atoms with Crippen molar-refractivity contribution in [3.63, 3.8) is 0 Å². The highest BCUT2D eigenvalue weighted by atomic mass is 32.1. The first kappa shape index (κ1) is 17.0. The van der Waals surface area contributed by atoms with Crippen LogP contribution in [0.5, 0.6) is 0 Å². The maximum atomic E-state index is 12.1. The van der Waals surface area contributed by atoms with E-state index in [1.807, 2.05) is 19.2 Å². The predicted molar refractivity (Wildman–Crippen MR) is 91.9 cm³/mol. The molecule has 130 valence electrons. The van der Waals surface area contributed by atoms with E-state index in [1.165, 1.54) is 24.1 Å². The molecule has 2 aromatic heterocycles. The van der Waals surface area contributed by atoms with Gasteiger partial charge in [0.25, 0.3) is 0 Å². The maximum Gasteiger partial charge on any atom is 0.315 e. The van der Waals surface area contributed by atoms with Gasteiger partial charge in [-0.05, 0) is 38.8 Å². The van der Waals surface area contributed by atoms with Crippen molar-refractivity contribution in [2.24, 2.45) is 0 Å². The molecule has 2 aromatic rings. The van der Waals surface area contributed by atoms with E-state index in [0.717, 1.165) is 5.69 Å². The number of nitrogens with one attached hydrogen (secondary N) is 2. The van der Waals surface area contributed by atoms with E-state index < -0.39 is 6.10 Å². The maximum absolute atomic E-state index is 12.1. The summed E-state index contributed by atoms with van der Waals surface area (Å²) in [4.78, 5) is 16.7. The molecule has 0 unspecified atom stereocenters. The molecule has 0 saturated heterocycles. The van der Waals surface area contributed by atoms with E-state index in [4.69, 9.17) is 4.42 Å². The lowest BCUT2D eigenvalue weighted by molar-refractivity contribution is 0.129. The Labute approximate surface area is 145 Å². The molecule has 1 aliphatic carbocycles. The Morgan fingerprint density at radius 1 is 1.46 bits per heavy atom. The number of hydrogen-bond acceptors (Lipinski definition) is 5. The lowest BCUT2D eigenvalue weighted by Gasteiger charge is -2.19. The SMILES string of the molecule is C[C@H](C[C@H](O)c1ccco1)NC(=O)N[C@@H](C)c1csc(C2CC2)n1. The quantitative estimate of drug-likeness (QED) is 0.714. The first-order valence-electron chi connectivity index (χ1n) is 8.26. The Bertz CT molecular complexity index is 666. The number of rotatable bonds is 7. The fraction of sp³-hybridized carbons (Fsp3) is 0.529. The lowest BCUT2D eigenvalue weighted by Crippen LogP contribution is -2.42. The first-order valence-corrected chi connectivity index (χ1v) is 9.14. The summed E-state index contributed by atoms with van der Waals surface area (Å²) in [5.74, 6) is 1.14. The van der Waals surface area contributed by atoms with Crippen LogP contribution in [0.4, 0.5) is 4.79 Å². The highest BCUT2D eigenvalue weighted by molar-refractivity contribution is 7.09. The van der Waals surface area contributed by atoms with Crippen molar-refractivity contribution in [3.8, 4) is 0 Å². The van der Waals surface area contributed by atoms with Gasteiger partial charge in [-0.15, -0.1) is 11.3 Å². The average molecular weight is 349 g/mol. The number of thiazole rings is 1. The van der Waals surface area contributed by atoms with E-state index in [-0.39, 0.29) is 18.1 Å². The largest absolute Gasteiger partial charge is 0.467 e. The third-order valence-corrected chi connectivity index (χ3v) is 5.11. The van der Waals surface area contributed by atoms with Crippen molar-refractivity contribution < 1.29 is 14.3 Å². The van der Waals surface area contributed by atoms with Crippen LogP contribution in [0, 0.1) is 0 Å². The summed E-state index contributed by atoms with van der Waals surface area (Å²) in [6.07, 6.45) is 3.63. The molecule has 24 heavy (non-hydrogen) atoms. The molecule has 0 aromatic carbocycles. The number of urea groups is 1. The fourth-order valence-electron chi connectivity index (χ4n) is 2.54. The molecule has 0 bridgehead atoms. The van der Waals surface area contributed by atoms with E-state index in [1.54, 1.807) is 23.5 Å². The summed E-state index contributed by atoms with van der Waals surface area (Å²) < 4.78 is 5.16. The van der Waals surface area contributed by atoms with Crippen molar-refractivity contribution in [1.82, 2.24) is 15.6 Å². The molecule has 0 radical (unpaired) electrons. The van der Waals surface area contributed by atoms with Crippen LogP contribution >= 0.6 is 11.3 Å². The lowest BCUT2D eigenvalue weighted by atomic mass is 10.1. The molecule has 1 saturated carbocycles. The second kappa shape index (κ2) is 7.36. The van der Waals surface area contributed by atoms with Gasteiger partial charge in [-0.25, -0.2) is 9.78 Å². The second-order valence-corrected chi connectivity index (χ2v) is 7.28. The van der Waals surface area contributed by atoms with Crippen LogP contribution in [0.15, 0.2) is 28.2 Å². The second-order valence-electron chi connectivity index (χ2n) is 6.39. The number of aliphatic hydroxyl groups is 1. The molecule has 2 heterocycles. The van der Waals surface area contributed by atoms with Crippen LogP contribution in [-0.2, 0) is 0 Å². The summed E-state index contributed by atoms with van der Waals surface area (Å²) in [5.41, 5.74) is 0.903. The van der Waals surface area contributed by atoms with E-state index in [2.05, 4.69) is 15.6 Å². The summed E-state index contributed by atoms with van der Waals surface area (Å²) in [7, 11) is 0. The summed E-state index contributed by atoms with van der Waals surface area (Å²) in [6.45, 7) is 3.78. The molecule has 3 rings (SSSR count). The highest BCUT2D eigenvalue weighted by Crippen LogP contribution is 2.41. The number of carbonyl (C=O) groups is 1. The van der Waals surface area contributed by atoms with Crippen LogP contribution in [0.2, 0.25) is 0 Å². The third kappa shape index (κ3) is 4.36. The van der Waals surface area contributed by atoms with Gasteiger partial charge in [0.05, 0.1) is 23.0 Å². The van der Waals surface area contributed by atoms with Gasteiger partial charge in [-0.2, -0.15) is 0 Å². The van der Waals surface area contributed by atoms with Gasteiger partial charge in [-0.1, -0.05) is 0 Å². The van der Waals surface area contributed by atoms with Crippen LogP contribution in [0.25, 0.3) is 0 Å². The van der Waals surface area contributed by atoms with Gasteiger partial charge in [-0.3, -0.25) is 0 Å². The Morgan fingerprint density at radius 3 is 2.92 bits per heavy atom. The van der Waals surface area contributed by atoms with Crippen LogP contribution in [0.1, 0.15) is 67.6 Å². The normalized spacial score (nSPS) is 18.0. The van der Waals surface area contributed by atoms with Crippen molar-refractivity contribution in [2.75, 3.05) is 0 Å². The molecule has 2 amide bonds. The Hall–Kier alpha value is -1.86. The summed E-state index contributed by atoms with van der Waals surface area (Å²) >= 11 is 1.67. The van der Waals surface area contributed by atoms with Crippen molar-refractivity contribution in [2.45, 2.75) is 57.2 Å². The Balaban J connectivity index is 1.45. The zero-order valence-corrected chi connectivity index (χ0v) is 14.7. The topological polar surface area (TPSA) is 87.4 Å². The van der Waals surface area contributed by atoms with Crippen molar-refractivity contribution >= 4 is 17.4 Å². The Kier molecular flexibility index (Phi) is 5.20. The highest BCUT2D eigenvalue weighted by Gasteiger charge is 2.27. The molecule has 1 fully saturated rings. The molecule has 3 atom stereocenters. The number of aliphatic hydroxyl groups excluding tert-OH is 1. The number of furan rings is 1. The summed E-state index contributed by atoms with van der Waals surface area (Å²) in [6, 6.07) is 2.86. The monoisotopic (exact) mass is 349 g/mol. The minimum atomic E-state index is -0.729. The van der Waals surface area contributed by atoms with E-state index in [0.29, 0.717) is 18.1 Å². The molecule has 0 spiro atoms. The van der Waals surface area contributed by atoms with Crippen LogP contribution in [-0.4, -0.2) is 22.2 Å². The number of hydrogen-bond donors (Lipinski definition) is 3. The van der Waals surface area contributed by atoms with Crippen molar-refractivity contribution in [3.05, 3.63) is 40.2 Å². The van der Waals surface area contributed by atoms with Gasteiger partial charge < -0.3 is 20.2 Å². The first-order chi connectivity index (χ1) is 11.5. The molecule has 6 nitrogen and oxygen atoms in total. The molecule has 1 aliphatic rings. The van der Waals surface area contributed by atoms with Gasteiger partial charge in [0.15, 0.2) is 0 Å². The third-order valence-electron chi connectivity index (χ3n) is 4.08. The van der Waals surface area contributed by atoms with Gasteiger partial charge in [0.2, 0.25) is 0 Å². The van der Waals surface area contributed by atoms with Gasteiger partial charge in [0.1, 0.15) is 11.9 Å². The van der Waals surface area contributed by atoms with Crippen LogP contribution in [0.3, 0.4) is 0 Å². The number of amides is 2. The zero-order valence-electron chi connectivity index (χ0n) is 13.9. The average Bonchev–Trinajstić information content (AvgIpc) is 3.04. The fourth-order valence-corrected chi connectivity index (χ4v) is 3.63. The standard InChI is InChI=1S/C17H23N3O3S/c1-10(8-14(21)15-4-3-7-23-15)18-17(22)19-11(2)13-9-24-16(20-13)12-5-6-12/h3-4,7,9-12,14,21H,5-6,8H2,1-2H3,(H2,18,19,22)/t10-,11+,14+/m1/s1. The molecular formula is C17H23N3O3S. The number of carbonyl (C=O) groups excluding carboxylic acids is 1. The molecular weight excluding hydrogens is 326 g/mol. The summed E-state index contributed by atoms with van der Waals surface area (Å²) in [5, 5.41) is 19.0. The van der Waals surface area contributed by atoms with E-state index >= 15 is 0 Å². The van der Waals surface area contributed by atoms with E-state index in [9.17, 15) is 9.90 Å². The predicted octanol–water partition coefficient (Wildman–Crippen LogP) is 3.49. The van der Waals surface area contributed by atoms with Gasteiger partial charge >= 0.3 is 6.03 Å².